The first-order valence-corrected chi connectivity index (χ1v) is 6.65. The van der Waals surface area contributed by atoms with Crippen LogP contribution in [-0.4, -0.2) is 12.1 Å². The third-order valence-corrected chi connectivity index (χ3v) is 3.39. The molecule has 2 rings (SSSR count). The third kappa shape index (κ3) is 4.29. The molecule has 1 aromatic carbocycles. The smallest absolute Gasteiger partial charge is 0.407 e. The SMILES string of the molecule is N#C[C@@H]1CCC[C@@H](NC(=O)OCc2ccccc2)C1. The predicted molar refractivity (Wildman–Crippen MR) is 71.1 cm³/mol. The predicted octanol–water partition coefficient (Wildman–Crippen LogP) is 3.00. The lowest BCUT2D eigenvalue weighted by Crippen LogP contribution is -2.38. The first kappa shape index (κ1) is 13.4. The Morgan fingerprint density at radius 1 is 1.37 bits per heavy atom. The van der Waals surface area contributed by atoms with Gasteiger partial charge in [-0.15, -0.1) is 0 Å². The van der Waals surface area contributed by atoms with E-state index in [0.717, 1.165) is 31.2 Å². The summed E-state index contributed by atoms with van der Waals surface area (Å²) in [5, 5.41) is 11.7. The van der Waals surface area contributed by atoms with Crippen molar-refractivity contribution in [1.29, 1.82) is 5.26 Å². The van der Waals surface area contributed by atoms with Crippen molar-refractivity contribution in [3.63, 3.8) is 0 Å². The minimum Gasteiger partial charge on any atom is -0.445 e. The van der Waals surface area contributed by atoms with Gasteiger partial charge in [0.05, 0.1) is 6.07 Å². The number of benzene rings is 1. The largest absolute Gasteiger partial charge is 0.445 e. The molecule has 0 spiro atoms. The van der Waals surface area contributed by atoms with Gasteiger partial charge in [-0.05, 0) is 24.8 Å². The minimum atomic E-state index is -0.396. The average molecular weight is 258 g/mol. The van der Waals surface area contributed by atoms with Crippen molar-refractivity contribution < 1.29 is 9.53 Å². The number of amides is 1. The molecule has 0 aliphatic heterocycles. The maximum Gasteiger partial charge on any atom is 0.407 e. The van der Waals surface area contributed by atoms with Gasteiger partial charge >= 0.3 is 6.09 Å². The highest BCUT2D eigenvalue weighted by molar-refractivity contribution is 5.67. The van der Waals surface area contributed by atoms with E-state index in [4.69, 9.17) is 10.00 Å². The van der Waals surface area contributed by atoms with Gasteiger partial charge in [0, 0.05) is 12.0 Å². The number of nitrogens with zero attached hydrogens (tertiary/aromatic N) is 1. The molecule has 0 unspecified atom stereocenters. The van der Waals surface area contributed by atoms with Crippen LogP contribution in [0.5, 0.6) is 0 Å². The molecule has 100 valence electrons. The van der Waals surface area contributed by atoms with Crippen molar-refractivity contribution in [2.45, 2.75) is 38.3 Å². The van der Waals surface area contributed by atoms with Crippen LogP contribution in [0, 0.1) is 17.2 Å². The fraction of sp³-hybridized carbons (Fsp3) is 0.467. The van der Waals surface area contributed by atoms with Crippen molar-refractivity contribution in [3.8, 4) is 6.07 Å². The zero-order chi connectivity index (χ0) is 13.5. The highest BCUT2D eigenvalue weighted by atomic mass is 16.5. The number of carbonyl (C=O) groups is 1. The van der Waals surface area contributed by atoms with Crippen LogP contribution in [0.2, 0.25) is 0 Å². The second kappa shape index (κ2) is 6.79. The van der Waals surface area contributed by atoms with Gasteiger partial charge in [-0.3, -0.25) is 0 Å². The van der Waals surface area contributed by atoms with Crippen LogP contribution in [0.3, 0.4) is 0 Å². The average Bonchev–Trinajstić information content (AvgIpc) is 2.46. The van der Waals surface area contributed by atoms with Crippen LogP contribution < -0.4 is 5.32 Å². The molecule has 4 heteroatoms. The molecule has 1 aliphatic rings. The molecule has 1 aliphatic carbocycles. The molecule has 0 radical (unpaired) electrons. The van der Waals surface area contributed by atoms with Crippen LogP contribution in [0.1, 0.15) is 31.2 Å². The molecule has 1 aromatic rings. The monoisotopic (exact) mass is 258 g/mol. The summed E-state index contributed by atoms with van der Waals surface area (Å²) in [5.41, 5.74) is 0.969. The van der Waals surface area contributed by atoms with E-state index in [-0.39, 0.29) is 18.6 Å². The molecule has 1 N–H and O–H groups in total. The van der Waals surface area contributed by atoms with Crippen LogP contribution in [0.4, 0.5) is 4.79 Å². The van der Waals surface area contributed by atoms with Crippen molar-refractivity contribution in [2.24, 2.45) is 5.92 Å². The summed E-state index contributed by atoms with van der Waals surface area (Å²) < 4.78 is 5.17. The number of ether oxygens (including phenoxy) is 1. The number of carbonyl (C=O) groups excluding carboxylic acids is 1. The summed E-state index contributed by atoms with van der Waals surface area (Å²) in [6.45, 7) is 0.279. The molecule has 19 heavy (non-hydrogen) atoms. The van der Waals surface area contributed by atoms with E-state index in [2.05, 4.69) is 11.4 Å². The second-order valence-electron chi connectivity index (χ2n) is 4.90. The van der Waals surface area contributed by atoms with Gasteiger partial charge in [0.15, 0.2) is 0 Å². The fourth-order valence-electron chi connectivity index (χ4n) is 2.37. The summed E-state index contributed by atoms with van der Waals surface area (Å²) in [6.07, 6.45) is 3.19. The fourth-order valence-corrected chi connectivity index (χ4v) is 2.37. The normalized spacial score (nSPS) is 22.3. The lowest BCUT2D eigenvalue weighted by atomic mass is 9.87. The van der Waals surface area contributed by atoms with Gasteiger partial charge < -0.3 is 10.1 Å². The minimum absolute atomic E-state index is 0.0631. The molecular formula is C15H18N2O2. The molecule has 0 heterocycles. The van der Waals surface area contributed by atoms with Gasteiger partial charge in [0.2, 0.25) is 0 Å². The van der Waals surface area contributed by atoms with Gasteiger partial charge in [0.25, 0.3) is 0 Å². The summed E-state index contributed by atoms with van der Waals surface area (Å²) in [6, 6.07) is 11.9. The van der Waals surface area contributed by atoms with Crippen LogP contribution in [0.25, 0.3) is 0 Å². The standard InChI is InChI=1S/C15H18N2O2/c16-10-13-7-4-8-14(9-13)17-15(18)19-11-12-5-2-1-3-6-12/h1-3,5-6,13-14H,4,7-9,11H2,(H,17,18)/t13-,14-/m1/s1. The third-order valence-electron chi connectivity index (χ3n) is 3.39. The molecule has 0 saturated heterocycles. The van der Waals surface area contributed by atoms with E-state index < -0.39 is 6.09 Å². The highest BCUT2D eigenvalue weighted by Gasteiger charge is 2.23. The van der Waals surface area contributed by atoms with Gasteiger partial charge in [-0.2, -0.15) is 5.26 Å². The van der Waals surface area contributed by atoms with E-state index in [0.29, 0.717) is 0 Å². The number of hydrogen-bond donors (Lipinski definition) is 1. The van der Waals surface area contributed by atoms with Crippen molar-refractivity contribution >= 4 is 6.09 Å². The zero-order valence-electron chi connectivity index (χ0n) is 10.8. The van der Waals surface area contributed by atoms with Crippen molar-refractivity contribution in [2.75, 3.05) is 0 Å². The van der Waals surface area contributed by atoms with Gasteiger partial charge in [-0.1, -0.05) is 36.8 Å². The Hall–Kier alpha value is -2.02. The molecule has 1 fully saturated rings. The van der Waals surface area contributed by atoms with Crippen LogP contribution in [-0.2, 0) is 11.3 Å². The number of hydrogen-bond acceptors (Lipinski definition) is 3. The molecule has 1 saturated carbocycles. The van der Waals surface area contributed by atoms with E-state index in [1.165, 1.54) is 0 Å². The molecule has 4 nitrogen and oxygen atoms in total. The lowest BCUT2D eigenvalue weighted by molar-refractivity contribution is 0.132. The van der Waals surface area contributed by atoms with E-state index in [1.54, 1.807) is 0 Å². The number of alkyl carbamates (subject to hydrolysis) is 1. The summed E-state index contributed by atoms with van der Waals surface area (Å²) >= 11 is 0. The van der Waals surface area contributed by atoms with Gasteiger partial charge in [-0.25, -0.2) is 4.79 Å². The Kier molecular flexibility index (Phi) is 4.79. The topological polar surface area (TPSA) is 62.1 Å². The van der Waals surface area contributed by atoms with Gasteiger partial charge in [0.1, 0.15) is 6.61 Å². The van der Waals surface area contributed by atoms with E-state index in [9.17, 15) is 4.79 Å². The quantitative estimate of drug-likeness (QED) is 0.906. The number of rotatable bonds is 3. The molecular weight excluding hydrogens is 240 g/mol. The van der Waals surface area contributed by atoms with E-state index >= 15 is 0 Å². The Bertz CT molecular complexity index is 453. The lowest BCUT2D eigenvalue weighted by Gasteiger charge is -2.25. The maximum atomic E-state index is 11.7. The zero-order valence-corrected chi connectivity index (χ0v) is 10.8. The number of nitriles is 1. The Morgan fingerprint density at radius 3 is 2.89 bits per heavy atom. The molecule has 0 bridgehead atoms. The second-order valence-corrected chi connectivity index (χ2v) is 4.90. The summed E-state index contributed by atoms with van der Waals surface area (Å²) in [5.74, 6) is 0.0631. The molecule has 2 atom stereocenters. The highest BCUT2D eigenvalue weighted by Crippen LogP contribution is 2.23. The van der Waals surface area contributed by atoms with Crippen molar-refractivity contribution in [3.05, 3.63) is 35.9 Å². The van der Waals surface area contributed by atoms with E-state index in [1.807, 2.05) is 30.3 Å². The first-order chi connectivity index (χ1) is 9.28. The van der Waals surface area contributed by atoms with Crippen LogP contribution in [0.15, 0.2) is 30.3 Å². The Morgan fingerprint density at radius 2 is 2.16 bits per heavy atom. The molecule has 1 amide bonds. The summed E-state index contributed by atoms with van der Waals surface area (Å²) in [4.78, 5) is 11.7. The first-order valence-electron chi connectivity index (χ1n) is 6.65. The Balaban J connectivity index is 1.74. The Labute approximate surface area is 113 Å². The van der Waals surface area contributed by atoms with Crippen molar-refractivity contribution in [1.82, 2.24) is 5.32 Å². The molecule has 0 aromatic heterocycles. The maximum absolute atomic E-state index is 11.7. The van der Waals surface area contributed by atoms with Crippen LogP contribution >= 0.6 is 0 Å². The number of nitrogens with one attached hydrogen (secondary N) is 1. The summed E-state index contributed by atoms with van der Waals surface area (Å²) in [7, 11) is 0.